The minimum absolute atomic E-state index is 0.0780. The van der Waals surface area contributed by atoms with Crippen molar-refractivity contribution in [2.24, 2.45) is 0 Å². The Balaban J connectivity index is 1.55. The number of nitrogens with zero attached hydrogens (tertiary/aromatic N) is 8. The second kappa shape index (κ2) is 10.2. The molecular weight excluding hydrogens is 518 g/mol. The van der Waals surface area contributed by atoms with Crippen molar-refractivity contribution >= 4 is 39.1 Å². The highest BCUT2D eigenvalue weighted by atomic mass is 32.2. The average Bonchev–Trinajstić information content (AvgIpc) is 3.55. The summed E-state index contributed by atoms with van der Waals surface area (Å²) in [7, 11) is 0.460. The number of alkyl halides is 2. The molecule has 0 aliphatic carbocycles. The van der Waals surface area contributed by atoms with Gasteiger partial charge in [0.1, 0.15) is 11.3 Å². The molecule has 3 aromatic heterocycles. The van der Waals surface area contributed by atoms with Crippen LogP contribution in [0.5, 0.6) is 5.75 Å². The summed E-state index contributed by atoms with van der Waals surface area (Å²) >= 11 is 0. The van der Waals surface area contributed by atoms with Crippen LogP contribution in [0.2, 0.25) is 0 Å². The molecule has 1 atom stereocenters. The zero-order chi connectivity index (χ0) is 26.4. The summed E-state index contributed by atoms with van der Waals surface area (Å²) in [5.41, 5.74) is 1.75. The summed E-state index contributed by atoms with van der Waals surface area (Å²) in [4.78, 5) is 20.6. The number of hydrogen-bond donors (Lipinski definition) is 0. The van der Waals surface area contributed by atoms with Gasteiger partial charge in [0, 0.05) is 38.5 Å². The van der Waals surface area contributed by atoms with Gasteiger partial charge in [-0.25, -0.2) is 27.3 Å². The van der Waals surface area contributed by atoms with Crippen molar-refractivity contribution < 1.29 is 22.5 Å². The number of fused-ring (bicyclic) bond motifs is 2. The number of hydrogen-bond acceptors (Lipinski definition) is 8. The monoisotopic (exact) mass is 546 g/mol. The third kappa shape index (κ3) is 4.29. The van der Waals surface area contributed by atoms with Crippen LogP contribution >= 0.6 is 0 Å². The predicted octanol–water partition coefficient (Wildman–Crippen LogP) is 2.88. The van der Waals surface area contributed by atoms with Crippen LogP contribution in [0.25, 0.3) is 28.0 Å². The van der Waals surface area contributed by atoms with E-state index in [-0.39, 0.29) is 11.9 Å². The van der Waals surface area contributed by atoms with Crippen LogP contribution in [0.15, 0.2) is 24.5 Å². The molecule has 38 heavy (non-hydrogen) atoms. The maximum atomic E-state index is 14.4. The van der Waals surface area contributed by atoms with Gasteiger partial charge in [-0.2, -0.15) is 9.97 Å². The highest BCUT2D eigenvalue weighted by Gasteiger charge is 2.29. The molecule has 4 aromatic rings. The van der Waals surface area contributed by atoms with E-state index in [9.17, 15) is 13.0 Å². The second-order valence-electron chi connectivity index (χ2n) is 9.29. The van der Waals surface area contributed by atoms with Crippen molar-refractivity contribution in [2.75, 3.05) is 57.7 Å². The molecule has 1 unspecified atom stereocenters. The predicted molar refractivity (Wildman–Crippen MR) is 138 cm³/mol. The van der Waals surface area contributed by atoms with Gasteiger partial charge in [0.05, 0.1) is 43.2 Å². The van der Waals surface area contributed by atoms with Gasteiger partial charge in [-0.3, -0.25) is 4.57 Å². The van der Waals surface area contributed by atoms with Gasteiger partial charge in [-0.15, -0.1) is 0 Å². The van der Waals surface area contributed by atoms with Crippen molar-refractivity contribution in [3.63, 3.8) is 0 Å². The normalized spacial score (nSPS) is 18.6. The SMILES string of the molecule is COc1cccc2c1nc(C(F)F)n2-c1nc(N2CCOCC2)nc2c1ncn2C1CCN(S(C)=O)CC1. The first-order valence-corrected chi connectivity index (χ1v) is 14.0. The summed E-state index contributed by atoms with van der Waals surface area (Å²) in [6, 6.07) is 5.22. The molecule has 0 saturated carbocycles. The van der Waals surface area contributed by atoms with Gasteiger partial charge < -0.3 is 18.9 Å². The Kier molecular flexibility index (Phi) is 6.70. The first-order valence-electron chi connectivity index (χ1n) is 12.5. The van der Waals surface area contributed by atoms with Crippen LogP contribution < -0.4 is 9.64 Å². The second-order valence-corrected chi connectivity index (χ2v) is 10.7. The molecule has 0 bridgehead atoms. The molecule has 6 rings (SSSR count). The molecule has 2 fully saturated rings. The number of ether oxygens (including phenoxy) is 2. The average molecular weight is 547 g/mol. The van der Waals surface area contributed by atoms with Crippen LogP contribution in [-0.2, 0) is 15.7 Å². The van der Waals surface area contributed by atoms with Gasteiger partial charge in [-0.05, 0) is 25.0 Å². The molecule has 0 amide bonds. The zero-order valence-corrected chi connectivity index (χ0v) is 21.9. The summed E-state index contributed by atoms with van der Waals surface area (Å²) < 4.78 is 56.9. The maximum absolute atomic E-state index is 14.4. The molecule has 1 aromatic carbocycles. The third-order valence-electron chi connectivity index (χ3n) is 7.17. The lowest BCUT2D eigenvalue weighted by atomic mass is 10.1. The van der Waals surface area contributed by atoms with Crippen LogP contribution in [0, 0.1) is 0 Å². The number of rotatable bonds is 6. The van der Waals surface area contributed by atoms with E-state index in [0.29, 0.717) is 73.3 Å². The highest BCUT2D eigenvalue weighted by Crippen LogP contribution is 2.35. The van der Waals surface area contributed by atoms with Gasteiger partial charge in [0.2, 0.25) is 5.95 Å². The Morgan fingerprint density at radius 3 is 2.53 bits per heavy atom. The first-order chi connectivity index (χ1) is 18.5. The van der Waals surface area contributed by atoms with Gasteiger partial charge in [0.25, 0.3) is 6.43 Å². The number of halogens is 2. The van der Waals surface area contributed by atoms with Crippen molar-refractivity contribution in [3.8, 4) is 11.6 Å². The Morgan fingerprint density at radius 2 is 1.84 bits per heavy atom. The fourth-order valence-corrected chi connectivity index (χ4v) is 5.95. The van der Waals surface area contributed by atoms with Crippen LogP contribution in [0.3, 0.4) is 0 Å². The van der Waals surface area contributed by atoms with Crippen molar-refractivity contribution in [1.82, 2.24) is 33.4 Å². The topological polar surface area (TPSA) is 103 Å². The number of imidazole rings is 2. The van der Waals surface area contributed by atoms with E-state index < -0.39 is 23.2 Å². The number of methoxy groups -OCH3 is 1. The molecule has 11 nitrogen and oxygen atoms in total. The van der Waals surface area contributed by atoms with Crippen LogP contribution in [0.4, 0.5) is 14.7 Å². The van der Waals surface area contributed by atoms with Crippen molar-refractivity contribution in [1.29, 1.82) is 0 Å². The van der Waals surface area contributed by atoms with Crippen molar-refractivity contribution in [3.05, 3.63) is 30.4 Å². The Bertz CT molecular complexity index is 1500. The molecular formula is C24H28F2N8O3S. The van der Waals surface area contributed by atoms with E-state index in [1.54, 1.807) is 30.8 Å². The highest BCUT2D eigenvalue weighted by molar-refractivity contribution is 7.81. The smallest absolute Gasteiger partial charge is 0.296 e. The maximum Gasteiger partial charge on any atom is 0.296 e. The van der Waals surface area contributed by atoms with E-state index in [2.05, 4.69) is 9.97 Å². The molecule has 202 valence electrons. The Hall–Kier alpha value is -3.23. The minimum atomic E-state index is -2.86. The number of benzene rings is 1. The summed E-state index contributed by atoms with van der Waals surface area (Å²) in [5.74, 6) is 0.626. The van der Waals surface area contributed by atoms with Crippen molar-refractivity contribution in [2.45, 2.75) is 25.3 Å². The number of para-hydroxylation sites is 1. The number of anilines is 1. The lowest BCUT2D eigenvalue weighted by molar-refractivity contribution is 0.122. The summed E-state index contributed by atoms with van der Waals surface area (Å²) in [6.07, 6.45) is 2.07. The lowest BCUT2D eigenvalue weighted by Gasteiger charge is -2.31. The number of morpholine rings is 1. The zero-order valence-electron chi connectivity index (χ0n) is 21.1. The molecule has 14 heteroatoms. The van der Waals surface area contributed by atoms with Gasteiger partial charge >= 0.3 is 0 Å². The number of aromatic nitrogens is 6. The standard InChI is InChI=1S/C24H28F2N8O3S/c1-36-17-5-3-4-16-18(17)28-23(20(25)26)34(16)22-19-21(29-24(30-22)31-10-12-37-13-11-31)33(14-27-19)15-6-8-32(9-7-15)38(2)35/h3-5,14-15,20H,6-13H2,1-2H3. The fourth-order valence-electron chi connectivity index (χ4n) is 5.22. The van der Waals surface area contributed by atoms with E-state index >= 15 is 0 Å². The quantitative estimate of drug-likeness (QED) is 0.364. The molecule has 2 aliphatic rings. The molecule has 5 heterocycles. The Morgan fingerprint density at radius 1 is 1.08 bits per heavy atom. The minimum Gasteiger partial charge on any atom is -0.494 e. The van der Waals surface area contributed by atoms with Gasteiger partial charge in [0.15, 0.2) is 22.8 Å². The lowest BCUT2D eigenvalue weighted by Crippen LogP contribution is -2.37. The van der Waals surface area contributed by atoms with Crippen LogP contribution in [0.1, 0.15) is 31.1 Å². The van der Waals surface area contributed by atoms with Gasteiger partial charge in [-0.1, -0.05) is 6.07 Å². The summed E-state index contributed by atoms with van der Waals surface area (Å²) in [5, 5.41) is 0. The van der Waals surface area contributed by atoms with E-state index in [1.807, 2.05) is 13.8 Å². The van der Waals surface area contributed by atoms with E-state index in [4.69, 9.17) is 19.4 Å². The molecule has 0 radical (unpaired) electrons. The van der Waals surface area contributed by atoms with E-state index in [0.717, 1.165) is 12.8 Å². The molecule has 0 spiro atoms. The Labute approximate surface area is 220 Å². The largest absolute Gasteiger partial charge is 0.494 e. The first kappa shape index (κ1) is 25.1. The van der Waals surface area contributed by atoms with Crippen LogP contribution in [-0.4, -0.2) is 90.3 Å². The molecule has 0 N–H and O–H groups in total. The number of piperidine rings is 1. The third-order valence-corrected chi connectivity index (χ3v) is 8.26. The van der Waals surface area contributed by atoms with E-state index in [1.165, 1.54) is 11.7 Å². The summed E-state index contributed by atoms with van der Waals surface area (Å²) in [6.45, 7) is 3.58. The fraction of sp³-hybridized carbons (Fsp3) is 0.500. The molecule has 2 aliphatic heterocycles. The molecule has 2 saturated heterocycles.